The molecule has 1 atom stereocenters. The highest BCUT2D eigenvalue weighted by atomic mass is 19.1. The van der Waals surface area contributed by atoms with Gasteiger partial charge in [0.1, 0.15) is 11.5 Å². The monoisotopic (exact) mass is 305 g/mol. The Morgan fingerprint density at radius 3 is 2.59 bits per heavy atom. The van der Waals surface area contributed by atoms with Gasteiger partial charge < -0.3 is 10.4 Å². The highest BCUT2D eigenvalue weighted by Gasteiger charge is 2.14. The third-order valence-corrected chi connectivity index (χ3v) is 3.15. The second-order valence-corrected chi connectivity index (χ2v) is 4.71. The van der Waals surface area contributed by atoms with Crippen LogP contribution in [0.2, 0.25) is 0 Å². The quantitative estimate of drug-likeness (QED) is 0.858. The molecule has 2 rings (SSSR count). The van der Waals surface area contributed by atoms with Crippen molar-refractivity contribution >= 4 is 5.91 Å². The van der Waals surface area contributed by atoms with E-state index in [1.807, 2.05) is 6.92 Å². The second-order valence-electron chi connectivity index (χ2n) is 4.71. The number of carbonyl (C=O) groups excluding carboxylic acids is 1. The van der Waals surface area contributed by atoms with Crippen LogP contribution in [0.3, 0.4) is 0 Å². The van der Waals surface area contributed by atoms with Gasteiger partial charge in [-0.2, -0.15) is 9.78 Å². The molecule has 7 heteroatoms. The number of rotatable bonds is 5. The maximum absolute atomic E-state index is 12.9. The molecule has 0 aliphatic carbocycles. The molecule has 1 heterocycles. The molecule has 0 spiro atoms. The van der Waals surface area contributed by atoms with Crippen LogP contribution in [-0.4, -0.2) is 33.4 Å². The van der Waals surface area contributed by atoms with Gasteiger partial charge in [-0.05, 0) is 36.8 Å². The van der Waals surface area contributed by atoms with Crippen molar-refractivity contribution in [1.29, 1.82) is 0 Å². The summed E-state index contributed by atoms with van der Waals surface area (Å²) in [5.41, 5.74) is -0.0385. The first kappa shape index (κ1) is 15.8. The fourth-order valence-corrected chi connectivity index (χ4v) is 1.84. The summed E-state index contributed by atoms with van der Waals surface area (Å²) in [5, 5.41) is 15.7. The van der Waals surface area contributed by atoms with Crippen molar-refractivity contribution in [3.8, 4) is 5.69 Å². The summed E-state index contributed by atoms with van der Waals surface area (Å²) in [5.74, 6) is -0.920. The summed E-state index contributed by atoms with van der Waals surface area (Å²) >= 11 is 0. The predicted molar refractivity (Wildman–Crippen MR) is 78.4 cm³/mol. The van der Waals surface area contributed by atoms with E-state index in [9.17, 15) is 14.0 Å². The number of aliphatic hydroxyl groups excluding tert-OH is 1. The molecule has 0 saturated heterocycles. The minimum Gasteiger partial charge on any atom is -0.394 e. The van der Waals surface area contributed by atoms with Crippen molar-refractivity contribution in [2.75, 3.05) is 6.61 Å². The summed E-state index contributed by atoms with van der Waals surface area (Å²) in [6, 6.07) is 7.35. The van der Waals surface area contributed by atoms with Crippen molar-refractivity contribution in [3.63, 3.8) is 0 Å². The minimum atomic E-state index is -0.489. The molecule has 0 bridgehead atoms. The minimum absolute atomic E-state index is 0.0378. The van der Waals surface area contributed by atoms with E-state index < -0.39 is 17.3 Å². The average Bonchev–Trinajstić information content (AvgIpc) is 2.53. The van der Waals surface area contributed by atoms with Crippen LogP contribution in [0, 0.1) is 5.82 Å². The Balaban J connectivity index is 2.32. The lowest BCUT2D eigenvalue weighted by Crippen LogP contribution is -2.38. The topological polar surface area (TPSA) is 84.2 Å². The first-order valence-corrected chi connectivity index (χ1v) is 6.83. The molecule has 0 aliphatic rings. The number of carbonyl (C=O) groups is 1. The van der Waals surface area contributed by atoms with Crippen LogP contribution in [0.15, 0.2) is 41.2 Å². The average molecular weight is 305 g/mol. The zero-order valence-electron chi connectivity index (χ0n) is 12.0. The zero-order valence-corrected chi connectivity index (χ0v) is 12.0. The molecule has 1 aromatic carbocycles. The predicted octanol–water partition coefficient (Wildman–Crippen LogP) is 0.872. The van der Waals surface area contributed by atoms with Gasteiger partial charge in [-0.15, -0.1) is 0 Å². The van der Waals surface area contributed by atoms with Gasteiger partial charge in [0, 0.05) is 6.07 Å². The van der Waals surface area contributed by atoms with Crippen LogP contribution in [0.5, 0.6) is 0 Å². The molecule has 0 aliphatic heterocycles. The van der Waals surface area contributed by atoms with Gasteiger partial charge in [0.2, 0.25) is 0 Å². The Labute approximate surface area is 126 Å². The molecule has 1 unspecified atom stereocenters. The highest BCUT2D eigenvalue weighted by Crippen LogP contribution is 2.06. The first-order valence-electron chi connectivity index (χ1n) is 6.83. The van der Waals surface area contributed by atoms with Gasteiger partial charge in [0.15, 0.2) is 0 Å². The molecule has 0 radical (unpaired) electrons. The number of amides is 1. The van der Waals surface area contributed by atoms with E-state index in [1.54, 1.807) is 0 Å². The molecule has 1 amide bonds. The normalized spacial score (nSPS) is 12.0. The molecule has 0 fully saturated rings. The number of nitrogens with zero attached hydrogens (tertiary/aromatic N) is 2. The smallest absolute Gasteiger partial charge is 0.272 e. The summed E-state index contributed by atoms with van der Waals surface area (Å²) in [4.78, 5) is 23.9. The maximum atomic E-state index is 12.9. The lowest BCUT2D eigenvalue weighted by molar-refractivity contribution is 0.0908. The van der Waals surface area contributed by atoms with E-state index in [2.05, 4.69) is 10.4 Å². The van der Waals surface area contributed by atoms with Crippen molar-refractivity contribution in [2.45, 2.75) is 19.4 Å². The van der Waals surface area contributed by atoms with Crippen molar-refractivity contribution in [2.24, 2.45) is 0 Å². The zero-order chi connectivity index (χ0) is 16.1. The van der Waals surface area contributed by atoms with Crippen LogP contribution in [-0.2, 0) is 0 Å². The Morgan fingerprint density at radius 2 is 2.00 bits per heavy atom. The van der Waals surface area contributed by atoms with Crippen molar-refractivity contribution in [3.05, 3.63) is 58.3 Å². The van der Waals surface area contributed by atoms with Crippen molar-refractivity contribution < 1.29 is 14.3 Å². The number of halogens is 1. The van der Waals surface area contributed by atoms with Crippen LogP contribution >= 0.6 is 0 Å². The highest BCUT2D eigenvalue weighted by molar-refractivity contribution is 5.92. The van der Waals surface area contributed by atoms with Crippen LogP contribution in [0.4, 0.5) is 4.39 Å². The van der Waals surface area contributed by atoms with Gasteiger partial charge in [-0.1, -0.05) is 6.92 Å². The molecule has 0 saturated carbocycles. The third-order valence-electron chi connectivity index (χ3n) is 3.15. The fourth-order valence-electron chi connectivity index (χ4n) is 1.84. The number of aliphatic hydroxyl groups is 1. The van der Waals surface area contributed by atoms with E-state index in [-0.39, 0.29) is 18.3 Å². The lowest BCUT2D eigenvalue weighted by atomic mass is 10.2. The molecule has 2 N–H and O–H groups in total. The molecule has 1 aromatic heterocycles. The van der Waals surface area contributed by atoms with E-state index in [0.717, 1.165) is 4.68 Å². The van der Waals surface area contributed by atoms with Crippen LogP contribution < -0.4 is 10.9 Å². The Bertz CT molecular complexity index is 709. The molecular formula is C15H16FN3O3. The van der Waals surface area contributed by atoms with Gasteiger partial charge in [0.05, 0.1) is 18.3 Å². The van der Waals surface area contributed by atoms with Crippen molar-refractivity contribution in [1.82, 2.24) is 15.1 Å². The summed E-state index contributed by atoms with van der Waals surface area (Å²) in [6.07, 6.45) is 0.569. The third kappa shape index (κ3) is 3.56. The summed E-state index contributed by atoms with van der Waals surface area (Å²) in [7, 11) is 0. The van der Waals surface area contributed by atoms with E-state index in [0.29, 0.717) is 12.1 Å². The number of nitrogens with one attached hydrogen (secondary N) is 1. The number of hydrogen-bond acceptors (Lipinski definition) is 4. The van der Waals surface area contributed by atoms with Crippen LogP contribution in [0.1, 0.15) is 23.8 Å². The van der Waals surface area contributed by atoms with E-state index in [4.69, 9.17) is 5.11 Å². The summed E-state index contributed by atoms with van der Waals surface area (Å²) < 4.78 is 14.0. The SMILES string of the molecule is CCC(CO)NC(=O)c1ccc(=O)n(-c2ccc(F)cc2)n1. The molecule has 22 heavy (non-hydrogen) atoms. The first-order chi connectivity index (χ1) is 10.5. The second kappa shape index (κ2) is 6.95. The maximum Gasteiger partial charge on any atom is 0.272 e. The number of benzene rings is 1. The Morgan fingerprint density at radius 1 is 1.32 bits per heavy atom. The fraction of sp³-hybridized carbons (Fsp3) is 0.267. The lowest BCUT2D eigenvalue weighted by Gasteiger charge is -2.14. The van der Waals surface area contributed by atoms with Crippen LogP contribution in [0.25, 0.3) is 5.69 Å². The standard InChI is InChI=1S/C15H16FN3O3/c1-2-11(9-20)17-15(22)13-7-8-14(21)19(18-13)12-5-3-10(16)4-6-12/h3-8,11,20H,2,9H2,1H3,(H,17,22). The Hall–Kier alpha value is -2.54. The van der Waals surface area contributed by atoms with E-state index in [1.165, 1.54) is 36.4 Å². The largest absolute Gasteiger partial charge is 0.394 e. The van der Waals surface area contributed by atoms with E-state index >= 15 is 0 Å². The van der Waals surface area contributed by atoms with Gasteiger partial charge in [-0.25, -0.2) is 4.39 Å². The molecule has 116 valence electrons. The molecule has 2 aromatic rings. The Kier molecular flexibility index (Phi) is 5.00. The molecule has 6 nitrogen and oxygen atoms in total. The number of hydrogen-bond donors (Lipinski definition) is 2. The van der Waals surface area contributed by atoms with Gasteiger partial charge in [0.25, 0.3) is 11.5 Å². The van der Waals surface area contributed by atoms with Gasteiger partial charge >= 0.3 is 0 Å². The summed E-state index contributed by atoms with van der Waals surface area (Å²) in [6.45, 7) is 1.65. The van der Waals surface area contributed by atoms with Gasteiger partial charge in [-0.3, -0.25) is 9.59 Å². The molecular weight excluding hydrogens is 289 g/mol. The number of aromatic nitrogens is 2.